The second-order valence-corrected chi connectivity index (χ2v) is 6.80. The van der Waals surface area contributed by atoms with E-state index in [1.165, 1.54) is 0 Å². The summed E-state index contributed by atoms with van der Waals surface area (Å²) in [6.07, 6.45) is 4.12. The summed E-state index contributed by atoms with van der Waals surface area (Å²) in [5.74, 6) is 0. The van der Waals surface area contributed by atoms with E-state index in [1.807, 2.05) is 19.0 Å². The Kier molecular flexibility index (Phi) is 7.60. The highest BCUT2D eigenvalue weighted by atomic mass is 16.1. The average molecular weight is 271 g/mol. The van der Waals surface area contributed by atoms with E-state index in [1.54, 1.807) is 0 Å². The van der Waals surface area contributed by atoms with Crippen molar-refractivity contribution in [1.29, 1.82) is 0 Å². The highest BCUT2D eigenvalue weighted by Gasteiger charge is 2.39. The summed E-state index contributed by atoms with van der Waals surface area (Å²) in [4.78, 5) is 13.1. The van der Waals surface area contributed by atoms with Crippen molar-refractivity contribution in [3.63, 3.8) is 0 Å². The molecule has 0 atom stereocenters. The van der Waals surface area contributed by atoms with Gasteiger partial charge in [0.1, 0.15) is 0 Å². The summed E-state index contributed by atoms with van der Waals surface area (Å²) in [7, 11) is 3.75. The van der Waals surface area contributed by atoms with Crippen LogP contribution in [0.4, 0.5) is 0 Å². The number of nitrogens with zero attached hydrogens (tertiary/aromatic N) is 1. The number of hydrogen-bond acceptors (Lipinski definition) is 3. The Morgan fingerprint density at radius 1 is 1.21 bits per heavy atom. The fraction of sp³-hybridized carbons (Fsp3) is 0.933. The second kappa shape index (κ2) is 7.85. The topological polar surface area (TPSA) is 44.4 Å². The van der Waals surface area contributed by atoms with Crippen LogP contribution in [0.25, 0.3) is 0 Å². The van der Waals surface area contributed by atoms with Crippen LogP contribution >= 0.6 is 0 Å². The van der Waals surface area contributed by atoms with Crippen LogP contribution in [-0.2, 0) is 4.79 Å². The minimum atomic E-state index is 0.113. The molecule has 1 fully saturated rings. The van der Waals surface area contributed by atoms with Crippen molar-refractivity contribution < 1.29 is 4.79 Å². The van der Waals surface area contributed by atoms with Crippen LogP contribution in [0.1, 0.15) is 53.9 Å². The fourth-order valence-electron chi connectivity index (χ4n) is 3.08. The maximum atomic E-state index is 11.1. The van der Waals surface area contributed by atoms with E-state index in [2.05, 4.69) is 45.3 Å². The number of nitrogens with one attached hydrogen (secondary N) is 2. The summed E-state index contributed by atoms with van der Waals surface area (Å²) in [5, 5.41) is 6.39. The van der Waals surface area contributed by atoms with Crippen LogP contribution in [0.2, 0.25) is 0 Å². The molecule has 4 nitrogen and oxygen atoms in total. The Morgan fingerprint density at radius 3 is 1.95 bits per heavy atom. The molecule has 1 aliphatic heterocycles. The zero-order valence-corrected chi connectivity index (χ0v) is 13.8. The smallest absolute Gasteiger partial charge is 0.209 e. The van der Waals surface area contributed by atoms with Gasteiger partial charge < -0.3 is 15.5 Å². The molecule has 4 heteroatoms. The van der Waals surface area contributed by atoms with E-state index in [9.17, 15) is 4.79 Å². The molecule has 0 spiro atoms. The molecular formula is C15H33N3O. The molecule has 0 unspecified atom stereocenters. The normalized spacial score (nSPS) is 21.2. The van der Waals surface area contributed by atoms with Crippen molar-refractivity contribution in [2.75, 3.05) is 20.6 Å². The van der Waals surface area contributed by atoms with Gasteiger partial charge in [-0.25, -0.2) is 0 Å². The third kappa shape index (κ3) is 6.92. The molecule has 0 aromatic carbocycles. The average Bonchev–Trinajstić information content (AvgIpc) is 2.22. The maximum Gasteiger partial charge on any atom is 0.209 e. The molecule has 1 saturated heterocycles. The lowest BCUT2D eigenvalue weighted by Crippen LogP contribution is -2.62. The molecule has 0 saturated carbocycles. The van der Waals surface area contributed by atoms with Crippen molar-refractivity contribution in [2.45, 2.75) is 71.0 Å². The molecule has 0 aromatic heterocycles. The molecular weight excluding hydrogens is 238 g/mol. The first-order chi connectivity index (χ1) is 8.71. The molecule has 1 amide bonds. The first kappa shape index (κ1) is 18.4. The van der Waals surface area contributed by atoms with Crippen molar-refractivity contribution >= 4 is 6.41 Å². The Balaban J connectivity index is 0.000000982. The molecule has 0 aromatic rings. The van der Waals surface area contributed by atoms with Crippen LogP contribution in [0, 0.1) is 0 Å². The summed E-state index contributed by atoms with van der Waals surface area (Å²) in [6.45, 7) is 11.9. The molecule has 1 aliphatic rings. The SMILES string of the molecule is CCCN(C=O)C1CC(C)(C)NC(C)(C)C1.CNC. The predicted octanol–water partition coefficient (Wildman–Crippen LogP) is 2.00. The van der Waals surface area contributed by atoms with Gasteiger partial charge in [0.15, 0.2) is 0 Å². The lowest BCUT2D eigenvalue weighted by atomic mass is 9.79. The maximum absolute atomic E-state index is 11.1. The third-order valence-corrected chi connectivity index (χ3v) is 3.25. The van der Waals surface area contributed by atoms with Gasteiger partial charge in [0.05, 0.1) is 0 Å². The molecule has 1 heterocycles. The summed E-state index contributed by atoms with van der Waals surface area (Å²) < 4.78 is 0. The van der Waals surface area contributed by atoms with Gasteiger partial charge >= 0.3 is 0 Å². The zero-order chi connectivity index (χ0) is 15.1. The van der Waals surface area contributed by atoms with Crippen molar-refractivity contribution in [3.8, 4) is 0 Å². The number of rotatable bonds is 4. The molecule has 1 rings (SSSR count). The number of hydrogen-bond donors (Lipinski definition) is 2. The number of amides is 1. The number of carbonyl (C=O) groups excluding carboxylic acids is 1. The highest BCUT2D eigenvalue weighted by Crippen LogP contribution is 2.31. The minimum absolute atomic E-state index is 0.113. The van der Waals surface area contributed by atoms with Gasteiger partial charge in [0.2, 0.25) is 6.41 Å². The molecule has 114 valence electrons. The number of piperidine rings is 1. The van der Waals surface area contributed by atoms with Gasteiger partial charge in [-0.2, -0.15) is 0 Å². The molecule has 0 radical (unpaired) electrons. The van der Waals surface area contributed by atoms with Gasteiger partial charge in [0, 0.05) is 23.7 Å². The number of carbonyl (C=O) groups is 1. The Morgan fingerprint density at radius 2 is 1.63 bits per heavy atom. The van der Waals surface area contributed by atoms with Crippen LogP contribution in [-0.4, -0.2) is 49.1 Å². The first-order valence-corrected chi connectivity index (χ1v) is 7.30. The van der Waals surface area contributed by atoms with Crippen LogP contribution in [0.5, 0.6) is 0 Å². The highest BCUT2D eigenvalue weighted by molar-refractivity contribution is 5.48. The Hall–Kier alpha value is -0.610. The van der Waals surface area contributed by atoms with E-state index < -0.39 is 0 Å². The fourth-order valence-corrected chi connectivity index (χ4v) is 3.08. The summed E-state index contributed by atoms with van der Waals surface area (Å²) >= 11 is 0. The lowest BCUT2D eigenvalue weighted by molar-refractivity contribution is -0.121. The molecule has 0 bridgehead atoms. The van der Waals surface area contributed by atoms with E-state index >= 15 is 0 Å². The van der Waals surface area contributed by atoms with Crippen LogP contribution in [0.15, 0.2) is 0 Å². The van der Waals surface area contributed by atoms with E-state index in [0.29, 0.717) is 6.04 Å². The first-order valence-electron chi connectivity index (χ1n) is 7.30. The van der Waals surface area contributed by atoms with E-state index in [4.69, 9.17) is 0 Å². The Labute approximate surface area is 119 Å². The largest absolute Gasteiger partial charge is 0.342 e. The lowest BCUT2D eigenvalue weighted by Gasteiger charge is -2.49. The second-order valence-electron chi connectivity index (χ2n) is 6.80. The quantitative estimate of drug-likeness (QED) is 0.769. The summed E-state index contributed by atoms with van der Waals surface area (Å²) in [5.41, 5.74) is 0.225. The van der Waals surface area contributed by atoms with Crippen molar-refractivity contribution in [1.82, 2.24) is 15.5 Å². The van der Waals surface area contributed by atoms with Gasteiger partial charge in [-0.1, -0.05) is 6.92 Å². The van der Waals surface area contributed by atoms with Gasteiger partial charge in [-0.05, 0) is 61.1 Å². The zero-order valence-electron chi connectivity index (χ0n) is 13.8. The monoisotopic (exact) mass is 271 g/mol. The Bertz CT molecular complexity index is 248. The van der Waals surface area contributed by atoms with Gasteiger partial charge in [-0.15, -0.1) is 0 Å². The van der Waals surface area contributed by atoms with Gasteiger partial charge in [-0.3, -0.25) is 4.79 Å². The molecule has 2 N–H and O–H groups in total. The minimum Gasteiger partial charge on any atom is -0.342 e. The van der Waals surface area contributed by atoms with Crippen molar-refractivity contribution in [2.24, 2.45) is 0 Å². The third-order valence-electron chi connectivity index (χ3n) is 3.25. The molecule has 19 heavy (non-hydrogen) atoms. The van der Waals surface area contributed by atoms with Crippen LogP contribution < -0.4 is 10.6 Å². The predicted molar refractivity (Wildman–Crippen MR) is 82.4 cm³/mol. The van der Waals surface area contributed by atoms with Crippen molar-refractivity contribution in [3.05, 3.63) is 0 Å². The molecule has 0 aliphatic carbocycles. The van der Waals surface area contributed by atoms with Gasteiger partial charge in [0.25, 0.3) is 0 Å². The standard InChI is InChI=1S/C13H26N2O.C2H7N/c1-6-7-15(10-16)11-8-12(2,3)14-13(4,5)9-11;1-3-2/h10-11,14H,6-9H2,1-5H3;3H,1-2H3. The van der Waals surface area contributed by atoms with Crippen LogP contribution in [0.3, 0.4) is 0 Å². The summed E-state index contributed by atoms with van der Waals surface area (Å²) in [6, 6.07) is 0.378. The van der Waals surface area contributed by atoms with E-state index in [-0.39, 0.29) is 11.1 Å². The van der Waals surface area contributed by atoms with E-state index in [0.717, 1.165) is 32.2 Å².